The second-order valence-corrected chi connectivity index (χ2v) is 3.68. The Morgan fingerprint density at radius 3 is 2.87 bits per heavy atom. The molecular weight excluding hydrogens is 202 g/mol. The summed E-state index contributed by atoms with van der Waals surface area (Å²) in [6, 6.07) is 0. The molecule has 0 aromatic carbocycles. The summed E-state index contributed by atoms with van der Waals surface area (Å²) in [5.74, 6) is -0.909. The minimum atomic E-state index is -1.04. The lowest BCUT2D eigenvalue weighted by atomic mass is 10.1. The van der Waals surface area contributed by atoms with Gasteiger partial charge in [0.05, 0.1) is 12.6 Å². The highest BCUT2D eigenvalue weighted by Crippen LogP contribution is 2.29. The summed E-state index contributed by atoms with van der Waals surface area (Å²) in [6.07, 6.45) is -2.09. The van der Waals surface area contributed by atoms with Gasteiger partial charge in [-0.25, -0.2) is 0 Å². The number of aliphatic hydroxyl groups is 1. The van der Waals surface area contributed by atoms with E-state index in [1.165, 1.54) is 0 Å². The van der Waals surface area contributed by atoms with Crippen LogP contribution in [0.15, 0.2) is 5.11 Å². The zero-order valence-electron chi connectivity index (χ0n) is 8.53. The van der Waals surface area contributed by atoms with Crippen LogP contribution in [0.1, 0.15) is 13.8 Å². The standard InChI is InChI=1S/C8H13N3O4/c1-8(2)14-6(4-12)7(15-8)5(13)3-10-11-9/h4-7,13H,3H2,1-2H3/t5-,6-,7-/m0/s1. The first kappa shape index (κ1) is 11.9. The summed E-state index contributed by atoms with van der Waals surface area (Å²) < 4.78 is 10.6. The molecule has 0 spiro atoms. The highest BCUT2D eigenvalue weighted by atomic mass is 16.8. The smallest absolute Gasteiger partial charge is 0.164 e. The van der Waals surface area contributed by atoms with E-state index in [4.69, 9.17) is 15.0 Å². The molecule has 84 valence electrons. The van der Waals surface area contributed by atoms with E-state index in [0.717, 1.165) is 0 Å². The number of hydrogen-bond acceptors (Lipinski definition) is 5. The van der Waals surface area contributed by atoms with E-state index in [9.17, 15) is 9.90 Å². The van der Waals surface area contributed by atoms with Crippen LogP contribution in [0.2, 0.25) is 0 Å². The first-order valence-corrected chi connectivity index (χ1v) is 4.50. The average Bonchev–Trinajstić information content (AvgIpc) is 2.50. The number of aldehydes is 1. The molecule has 1 aliphatic heterocycles. The molecule has 0 aliphatic carbocycles. The number of carbonyl (C=O) groups is 1. The van der Waals surface area contributed by atoms with Gasteiger partial charge in [0.15, 0.2) is 12.1 Å². The third-order valence-electron chi connectivity index (χ3n) is 2.01. The maximum absolute atomic E-state index is 10.7. The van der Waals surface area contributed by atoms with Gasteiger partial charge in [0, 0.05) is 4.91 Å². The van der Waals surface area contributed by atoms with Crippen molar-refractivity contribution in [2.45, 2.75) is 37.9 Å². The van der Waals surface area contributed by atoms with E-state index in [0.29, 0.717) is 6.29 Å². The second-order valence-electron chi connectivity index (χ2n) is 3.68. The van der Waals surface area contributed by atoms with Crippen LogP contribution in [0.4, 0.5) is 0 Å². The predicted molar refractivity (Wildman–Crippen MR) is 49.9 cm³/mol. The maximum Gasteiger partial charge on any atom is 0.164 e. The SMILES string of the molecule is CC1(C)O[C@@H]([C@@H](O)CN=[N+]=[N-])[C@H](C=O)O1. The van der Waals surface area contributed by atoms with Crippen molar-refractivity contribution in [1.29, 1.82) is 0 Å². The van der Waals surface area contributed by atoms with Crippen molar-refractivity contribution in [3.8, 4) is 0 Å². The van der Waals surface area contributed by atoms with E-state index in [2.05, 4.69) is 10.0 Å². The van der Waals surface area contributed by atoms with Gasteiger partial charge in [-0.2, -0.15) is 0 Å². The molecule has 0 saturated carbocycles. The molecule has 3 atom stereocenters. The minimum absolute atomic E-state index is 0.148. The Labute approximate surface area is 86.6 Å². The summed E-state index contributed by atoms with van der Waals surface area (Å²) in [5.41, 5.74) is 8.09. The van der Waals surface area contributed by atoms with Crippen molar-refractivity contribution in [1.82, 2.24) is 0 Å². The van der Waals surface area contributed by atoms with Gasteiger partial charge in [0.2, 0.25) is 0 Å². The topological polar surface area (TPSA) is 105 Å². The summed E-state index contributed by atoms with van der Waals surface area (Å²) in [4.78, 5) is 13.2. The molecule has 1 fully saturated rings. The molecular formula is C8H13N3O4. The van der Waals surface area contributed by atoms with Gasteiger partial charge in [0.25, 0.3) is 0 Å². The molecule has 15 heavy (non-hydrogen) atoms. The fourth-order valence-electron chi connectivity index (χ4n) is 1.44. The van der Waals surface area contributed by atoms with Crippen molar-refractivity contribution in [3.63, 3.8) is 0 Å². The number of aliphatic hydroxyl groups excluding tert-OH is 1. The third-order valence-corrected chi connectivity index (χ3v) is 2.01. The van der Waals surface area contributed by atoms with Crippen LogP contribution < -0.4 is 0 Å². The van der Waals surface area contributed by atoms with Crippen molar-refractivity contribution >= 4 is 6.29 Å². The largest absolute Gasteiger partial charge is 0.390 e. The van der Waals surface area contributed by atoms with E-state index in [-0.39, 0.29) is 6.54 Å². The Balaban J connectivity index is 2.67. The van der Waals surface area contributed by atoms with Gasteiger partial charge < -0.3 is 19.4 Å². The average molecular weight is 215 g/mol. The second kappa shape index (κ2) is 4.59. The fourth-order valence-corrected chi connectivity index (χ4v) is 1.44. The first-order valence-electron chi connectivity index (χ1n) is 4.50. The van der Waals surface area contributed by atoms with Crippen LogP contribution in [-0.2, 0) is 14.3 Å². The summed E-state index contributed by atoms with van der Waals surface area (Å²) in [7, 11) is 0. The van der Waals surface area contributed by atoms with Crippen molar-refractivity contribution in [3.05, 3.63) is 10.4 Å². The number of hydrogen-bond donors (Lipinski definition) is 1. The normalized spacial score (nSPS) is 30.6. The van der Waals surface area contributed by atoms with Crippen LogP contribution in [-0.4, -0.2) is 42.0 Å². The quantitative estimate of drug-likeness (QED) is 0.316. The molecule has 0 amide bonds. The Bertz CT molecular complexity index is 288. The molecule has 1 heterocycles. The lowest BCUT2D eigenvalue weighted by Crippen LogP contribution is -2.38. The number of ether oxygens (including phenoxy) is 2. The molecule has 0 aromatic heterocycles. The fraction of sp³-hybridized carbons (Fsp3) is 0.875. The molecule has 0 aromatic rings. The van der Waals surface area contributed by atoms with E-state index < -0.39 is 24.1 Å². The zero-order chi connectivity index (χ0) is 11.5. The number of carbonyl (C=O) groups excluding carboxylic acids is 1. The molecule has 1 saturated heterocycles. The van der Waals surface area contributed by atoms with Crippen molar-refractivity contribution in [2.24, 2.45) is 5.11 Å². The Morgan fingerprint density at radius 1 is 1.67 bits per heavy atom. The van der Waals surface area contributed by atoms with E-state index >= 15 is 0 Å². The lowest BCUT2D eigenvalue weighted by molar-refractivity contribution is -0.156. The van der Waals surface area contributed by atoms with Gasteiger partial charge in [-0.3, -0.25) is 0 Å². The highest BCUT2D eigenvalue weighted by Gasteiger charge is 2.44. The Morgan fingerprint density at radius 2 is 2.33 bits per heavy atom. The summed E-state index contributed by atoms with van der Waals surface area (Å²) in [5, 5.41) is 12.8. The Hall–Kier alpha value is -1.14. The van der Waals surface area contributed by atoms with Crippen LogP contribution >= 0.6 is 0 Å². The van der Waals surface area contributed by atoms with Gasteiger partial charge in [-0.05, 0) is 19.4 Å². The third kappa shape index (κ3) is 2.90. The molecule has 0 bridgehead atoms. The molecule has 1 rings (SSSR count). The Kier molecular flexibility index (Phi) is 3.65. The number of azide groups is 1. The van der Waals surface area contributed by atoms with Gasteiger partial charge >= 0.3 is 0 Å². The summed E-state index contributed by atoms with van der Waals surface area (Å²) >= 11 is 0. The minimum Gasteiger partial charge on any atom is -0.390 e. The monoisotopic (exact) mass is 215 g/mol. The maximum atomic E-state index is 10.7. The van der Waals surface area contributed by atoms with Crippen LogP contribution in [0, 0.1) is 0 Å². The van der Waals surface area contributed by atoms with Gasteiger partial charge in [-0.15, -0.1) is 0 Å². The molecule has 7 nitrogen and oxygen atoms in total. The van der Waals surface area contributed by atoms with Crippen molar-refractivity contribution in [2.75, 3.05) is 6.54 Å². The van der Waals surface area contributed by atoms with Gasteiger partial charge in [-0.1, -0.05) is 5.11 Å². The van der Waals surface area contributed by atoms with Crippen molar-refractivity contribution < 1.29 is 19.4 Å². The lowest BCUT2D eigenvalue weighted by Gasteiger charge is -2.19. The van der Waals surface area contributed by atoms with E-state index in [1.807, 2.05) is 0 Å². The number of rotatable bonds is 4. The first-order chi connectivity index (χ1) is 7.00. The predicted octanol–water partition coefficient (Wildman–Crippen LogP) is 0.377. The number of nitrogens with zero attached hydrogens (tertiary/aromatic N) is 3. The van der Waals surface area contributed by atoms with Crippen LogP contribution in [0.25, 0.3) is 10.4 Å². The van der Waals surface area contributed by atoms with Crippen LogP contribution in [0.5, 0.6) is 0 Å². The molecule has 7 heteroatoms. The summed E-state index contributed by atoms with van der Waals surface area (Å²) in [6.45, 7) is 3.14. The molecule has 0 unspecified atom stereocenters. The highest BCUT2D eigenvalue weighted by molar-refractivity contribution is 5.58. The van der Waals surface area contributed by atoms with E-state index in [1.54, 1.807) is 13.8 Å². The molecule has 0 radical (unpaired) electrons. The zero-order valence-corrected chi connectivity index (χ0v) is 8.53. The molecule has 1 N–H and O–H groups in total. The van der Waals surface area contributed by atoms with Crippen LogP contribution in [0.3, 0.4) is 0 Å². The molecule has 1 aliphatic rings. The van der Waals surface area contributed by atoms with Gasteiger partial charge in [0.1, 0.15) is 12.2 Å².